The van der Waals surface area contributed by atoms with Gasteiger partial charge in [0.05, 0.1) is 23.2 Å². The van der Waals surface area contributed by atoms with Crippen LogP contribution in [0.1, 0.15) is 51.5 Å². The zero-order valence-electron chi connectivity index (χ0n) is 18.6. The van der Waals surface area contributed by atoms with E-state index in [1.807, 2.05) is 44.2 Å². The second-order valence-electron chi connectivity index (χ2n) is 8.77. The van der Waals surface area contributed by atoms with Crippen LogP contribution in [0, 0.1) is 0 Å². The van der Waals surface area contributed by atoms with Gasteiger partial charge in [-0.1, -0.05) is 42.5 Å². The van der Waals surface area contributed by atoms with Gasteiger partial charge in [0.1, 0.15) is 16.6 Å². The number of nitrogens with zero attached hydrogens (tertiary/aromatic N) is 2. The van der Waals surface area contributed by atoms with Crippen LogP contribution in [-0.2, 0) is 14.3 Å². The standard InChI is InChI=1S/C24H30N2O4S2/c1-16-13-25(14-17(2)29-16)22(27)15-26-23(28)21(32-24(26)31)12-18-8-10-20(11-9-18)30-19-6-4-3-5-7-19/h8-12,16-17,19H,3-7,13-15H2,1-2H3/b21-12-. The van der Waals surface area contributed by atoms with Crippen molar-refractivity contribution in [2.75, 3.05) is 19.6 Å². The molecule has 2 aliphatic heterocycles. The van der Waals surface area contributed by atoms with Gasteiger partial charge in [-0.15, -0.1) is 0 Å². The molecule has 0 radical (unpaired) electrons. The number of thioether (sulfide) groups is 1. The first-order chi connectivity index (χ1) is 15.4. The summed E-state index contributed by atoms with van der Waals surface area (Å²) in [5.41, 5.74) is 0.906. The number of rotatable bonds is 5. The van der Waals surface area contributed by atoms with E-state index in [4.69, 9.17) is 21.7 Å². The Morgan fingerprint density at radius 2 is 1.81 bits per heavy atom. The van der Waals surface area contributed by atoms with Gasteiger partial charge in [0.25, 0.3) is 5.91 Å². The van der Waals surface area contributed by atoms with Crippen molar-refractivity contribution >= 4 is 46.2 Å². The maximum Gasteiger partial charge on any atom is 0.266 e. The molecule has 2 unspecified atom stereocenters. The summed E-state index contributed by atoms with van der Waals surface area (Å²) in [6.45, 7) is 4.93. The van der Waals surface area contributed by atoms with Crippen LogP contribution < -0.4 is 4.74 Å². The highest BCUT2D eigenvalue weighted by atomic mass is 32.2. The van der Waals surface area contributed by atoms with E-state index in [9.17, 15) is 9.59 Å². The number of benzene rings is 1. The first kappa shape index (κ1) is 23.3. The Labute approximate surface area is 199 Å². The lowest BCUT2D eigenvalue weighted by atomic mass is 9.98. The fraction of sp³-hybridized carbons (Fsp3) is 0.542. The van der Waals surface area contributed by atoms with Crippen molar-refractivity contribution < 1.29 is 19.1 Å². The predicted molar refractivity (Wildman–Crippen MR) is 130 cm³/mol. The number of hydrogen-bond donors (Lipinski definition) is 0. The zero-order valence-corrected chi connectivity index (χ0v) is 20.3. The molecule has 1 aliphatic carbocycles. The van der Waals surface area contributed by atoms with Crippen LogP contribution in [0.5, 0.6) is 5.75 Å². The molecule has 2 atom stereocenters. The molecule has 2 saturated heterocycles. The average molecular weight is 475 g/mol. The van der Waals surface area contributed by atoms with Crippen molar-refractivity contribution in [3.63, 3.8) is 0 Å². The minimum atomic E-state index is -0.217. The van der Waals surface area contributed by atoms with Gasteiger partial charge in [-0.05, 0) is 63.3 Å². The molecule has 1 aromatic rings. The maximum atomic E-state index is 12.9. The third-order valence-corrected chi connectivity index (χ3v) is 7.35. The maximum absolute atomic E-state index is 12.9. The van der Waals surface area contributed by atoms with Gasteiger partial charge in [0.2, 0.25) is 5.91 Å². The third kappa shape index (κ3) is 5.71. The van der Waals surface area contributed by atoms with Crippen molar-refractivity contribution in [1.29, 1.82) is 0 Å². The molecule has 3 fully saturated rings. The second kappa shape index (κ2) is 10.4. The van der Waals surface area contributed by atoms with Crippen LogP contribution in [0.3, 0.4) is 0 Å². The quantitative estimate of drug-likeness (QED) is 0.470. The summed E-state index contributed by atoms with van der Waals surface area (Å²) in [5.74, 6) is 0.542. The molecule has 2 amide bonds. The number of carbonyl (C=O) groups is 2. The monoisotopic (exact) mass is 474 g/mol. The van der Waals surface area contributed by atoms with E-state index >= 15 is 0 Å². The van der Waals surface area contributed by atoms with Gasteiger partial charge in [-0.2, -0.15) is 0 Å². The average Bonchev–Trinajstić information content (AvgIpc) is 3.02. The number of ether oxygens (including phenoxy) is 2. The second-order valence-corrected chi connectivity index (χ2v) is 10.4. The minimum absolute atomic E-state index is 0.0150. The number of amides is 2. The molecular weight excluding hydrogens is 444 g/mol. The lowest BCUT2D eigenvalue weighted by Crippen LogP contribution is -2.51. The van der Waals surface area contributed by atoms with Crippen LogP contribution in [-0.4, -0.2) is 63.9 Å². The Morgan fingerprint density at radius 1 is 1.16 bits per heavy atom. The number of morpholine rings is 1. The Balaban J connectivity index is 1.37. The molecule has 0 N–H and O–H groups in total. The summed E-state index contributed by atoms with van der Waals surface area (Å²) in [7, 11) is 0. The number of thiocarbonyl (C=S) groups is 1. The van der Waals surface area contributed by atoms with E-state index in [1.54, 1.807) is 4.90 Å². The first-order valence-corrected chi connectivity index (χ1v) is 12.6. The smallest absolute Gasteiger partial charge is 0.266 e. The molecule has 2 heterocycles. The zero-order chi connectivity index (χ0) is 22.7. The van der Waals surface area contributed by atoms with E-state index in [1.165, 1.54) is 35.9 Å². The van der Waals surface area contributed by atoms with E-state index in [0.717, 1.165) is 24.2 Å². The molecular formula is C24H30N2O4S2. The molecule has 3 aliphatic rings. The SMILES string of the molecule is CC1CN(C(=O)CN2C(=O)/C(=C/c3ccc(OC4CCCCC4)cc3)SC2=S)CC(C)O1. The molecule has 4 rings (SSSR count). The van der Waals surface area contributed by atoms with Gasteiger partial charge < -0.3 is 14.4 Å². The lowest BCUT2D eigenvalue weighted by Gasteiger charge is -2.36. The highest BCUT2D eigenvalue weighted by Gasteiger charge is 2.35. The van der Waals surface area contributed by atoms with Crippen LogP contribution in [0.2, 0.25) is 0 Å². The first-order valence-electron chi connectivity index (χ1n) is 11.3. The molecule has 1 aromatic carbocycles. The van der Waals surface area contributed by atoms with Crippen LogP contribution in [0.15, 0.2) is 29.2 Å². The fourth-order valence-corrected chi connectivity index (χ4v) is 5.68. The molecule has 32 heavy (non-hydrogen) atoms. The van der Waals surface area contributed by atoms with Gasteiger partial charge in [0, 0.05) is 13.1 Å². The predicted octanol–water partition coefficient (Wildman–Crippen LogP) is 4.24. The Bertz CT molecular complexity index is 886. The Hall–Kier alpha value is -1.90. The summed E-state index contributed by atoms with van der Waals surface area (Å²) >= 11 is 6.64. The van der Waals surface area contributed by atoms with E-state index in [2.05, 4.69) is 0 Å². The molecule has 1 saturated carbocycles. The molecule has 0 spiro atoms. The summed E-state index contributed by atoms with van der Waals surface area (Å²) in [6, 6.07) is 7.80. The highest BCUT2D eigenvalue weighted by Crippen LogP contribution is 2.33. The van der Waals surface area contributed by atoms with Crippen molar-refractivity contribution in [1.82, 2.24) is 9.80 Å². The number of hydrogen-bond acceptors (Lipinski definition) is 6. The van der Waals surface area contributed by atoms with E-state index in [0.29, 0.717) is 28.4 Å². The summed E-state index contributed by atoms with van der Waals surface area (Å²) < 4.78 is 12.2. The van der Waals surface area contributed by atoms with E-state index in [-0.39, 0.29) is 30.6 Å². The van der Waals surface area contributed by atoms with Crippen LogP contribution in [0.25, 0.3) is 6.08 Å². The topological polar surface area (TPSA) is 59.1 Å². The summed E-state index contributed by atoms with van der Waals surface area (Å²) in [5, 5.41) is 0. The largest absolute Gasteiger partial charge is 0.490 e. The van der Waals surface area contributed by atoms with Crippen molar-refractivity contribution in [3.8, 4) is 5.75 Å². The van der Waals surface area contributed by atoms with Crippen molar-refractivity contribution in [3.05, 3.63) is 34.7 Å². The fourth-order valence-electron chi connectivity index (χ4n) is 4.42. The van der Waals surface area contributed by atoms with Gasteiger partial charge in [0.15, 0.2) is 0 Å². The van der Waals surface area contributed by atoms with Crippen molar-refractivity contribution in [2.45, 2.75) is 64.3 Å². The molecule has 172 valence electrons. The van der Waals surface area contributed by atoms with Gasteiger partial charge in [-0.25, -0.2) is 0 Å². The molecule has 0 aromatic heterocycles. The Morgan fingerprint density at radius 3 is 2.47 bits per heavy atom. The molecule has 6 nitrogen and oxygen atoms in total. The minimum Gasteiger partial charge on any atom is -0.490 e. The van der Waals surface area contributed by atoms with E-state index < -0.39 is 0 Å². The van der Waals surface area contributed by atoms with Crippen LogP contribution >= 0.6 is 24.0 Å². The Kier molecular flexibility index (Phi) is 7.53. The van der Waals surface area contributed by atoms with Gasteiger partial charge in [-0.3, -0.25) is 14.5 Å². The van der Waals surface area contributed by atoms with Gasteiger partial charge >= 0.3 is 0 Å². The lowest BCUT2D eigenvalue weighted by molar-refractivity contribution is -0.145. The molecule has 0 bridgehead atoms. The molecule has 8 heteroatoms. The third-order valence-electron chi connectivity index (χ3n) is 5.97. The highest BCUT2D eigenvalue weighted by molar-refractivity contribution is 8.26. The van der Waals surface area contributed by atoms with Crippen molar-refractivity contribution in [2.24, 2.45) is 0 Å². The summed E-state index contributed by atoms with van der Waals surface area (Å²) in [6.07, 6.45) is 8.10. The number of carbonyl (C=O) groups excluding carboxylic acids is 2. The summed E-state index contributed by atoms with van der Waals surface area (Å²) in [4.78, 5) is 29.4. The normalized spacial score (nSPS) is 26.1. The van der Waals surface area contributed by atoms with Crippen LogP contribution in [0.4, 0.5) is 0 Å².